The zero-order valence-corrected chi connectivity index (χ0v) is 15.1. The fraction of sp³-hybridized carbons (Fsp3) is 0.500. The molecule has 0 aliphatic carbocycles. The smallest absolute Gasteiger partial charge is 0.410 e. The quantitative estimate of drug-likeness (QED) is 0.880. The van der Waals surface area contributed by atoms with E-state index in [1.54, 1.807) is 45.0 Å². The van der Waals surface area contributed by atoms with Gasteiger partial charge in [0.25, 0.3) is 0 Å². The molecule has 2 N–H and O–H groups in total. The van der Waals surface area contributed by atoms with Crippen LogP contribution in [-0.2, 0) is 14.3 Å². The fourth-order valence-corrected chi connectivity index (χ4v) is 2.64. The summed E-state index contributed by atoms with van der Waals surface area (Å²) in [6, 6.07) is 6.28. The minimum absolute atomic E-state index is 0.157. The molecule has 1 saturated heterocycles. The number of carbonyl (C=O) groups excluding carboxylic acids is 3. The molecule has 2 rings (SSSR count). The zero-order chi connectivity index (χ0) is 18.6. The molecular weight excluding hydrogens is 322 g/mol. The molecule has 1 atom stereocenters. The largest absolute Gasteiger partial charge is 0.444 e. The molecule has 3 amide bonds. The Balaban J connectivity index is 1.99. The first-order valence-electron chi connectivity index (χ1n) is 8.34. The third kappa shape index (κ3) is 5.48. The second-order valence-corrected chi connectivity index (χ2v) is 7.08. The number of nitrogens with one attached hydrogen (secondary N) is 2. The number of nitrogens with zero attached hydrogens (tertiary/aromatic N) is 1. The minimum atomic E-state index is -0.597. The Labute approximate surface area is 147 Å². The molecule has 1 fully saturated rings. The van der Waals surface area contributed by atoms with Gasteiger partial charge in [-0.05, 0) is 57.9 Å². The number of rotatable bonds is 3. The Bertz CT molecular complexity index is 649. The molecule has 0 radical (unpaired) electrons. The fourth-order valence-electron chi connectivity index (χ4n) is 2.64. The monoisotopic (exact) mass is 347 g/mol. The summed E-state index contributed by atoms with van der Waals surface area (Å²) in [6.45, 7) is 7.33. The number of ether oxygens (including phenoxy) is 1. The van der Waals surface area contributed by atoms with Crippen LogP contribution in [0.3, 0.4) is 0 Å². The molecule has 136 valence electrons. The zero-order valence-electron chi connectivity index (χ0n) is 15.1. The predicted molar refractivity (Wildman–Crippen MR) is 95.3 cm³/mol. The lowest BCUT2D eigenvalue weighted by Crippen LogP contribution is -2.45. The summed E-state index contributed by atoms with van der Waals surface area (Å²) in [5, 5.41) is 5.47. The Kier molecular flexibility index (Phi) is 5.66. The maximum atomic E-state index is 12.5. The first-order chi connectivity index (χ1) is 11.7. The van der Waals surface area contributed by atoms with Crippen molar-refractivity contribution in [2.75, 3.05) is 17.2 Å². The summed E-state index contributed by atoms with van der Waals surface area (Å²) in [4.78, 5) is 37.3. The highest BCUT2D eigenvalue weighted by molar-refractivity contribution is 5.97. The molecule has 1 heterocycles. The summed E-state index contributed by atoms with van der Waals surface area (Å²) in [5.41, 5.74) is 0.664. The van der Waals surface area contributed by atoms with Gasteiger partial charge < -0.3 is 15.4 Å². The molecule has 1 aliphatic rings. The average Bonchev–Trinajstić information content (AvgIpc) is 2.96. The van der Waals surface area contributed by atoms with Gasteiger partial charge in [-0.3, -0.25) is 14.5 Å². The SMILES string of the molecule is CC(=O)Nc1ccc(NC(=O)[C@@H]2CCCN2C(=O)OC(C)(C)C)cc1. The highest BCUT2D eigenvalue weighted by Gasteiger charge is 2.36. The van der Waals surface area contributed by atoms with Gasteiger partial charge in [-0.15, -0.1) is 0 Å². The van der Waals surface area contributed by atoms with Gasteiger partial charge in [0, 0.05) is 24.8 Å². The maximum Gasteiger partial charge on any atom is 0.410 e. The molecule has 0 spiro atoms. The van der Waals surface area contributed by atoms with Gasteiger partial charge in [0.1, 0.15) is 11.6 Å². The minimum Gasteiger partial charge on any atom is -0.444 e. The van der Waals surface area contributed by atoms with E-state index in [4.69, 9.17) is 4.74 Å². The van der Waals surface area contributed by atoms with Gasteiger partial charge in [-0.1, -0.05) is 0 Å². The molecular formula is C18H25N3O4. The van der Waals surface area contributed by atoms with Gasteiger partial charge in [0.05, 0.1) is 0 Å². The number of likely N-dealkylation sites (tertiary alicyclic amines) is 1. The van der Waals surface area contributed by atoms with E-state index < -0.39 is 17.7 Å². The summed E-state index contributed by atoms with van der Waals surface area (Å²) >= 11 is 0. The van der Waals surface area contributed by atoms with Crippen molar-refractivity contribution in [2.45, 2.75) is 52.2 Å². The van der Waals surface area contributed by atoms with Crippen molar-refractivity contribution in [3.8, 4) is 0 Å². The van der Waals surface area contributed by atoms with E-state index in [1.165, 1.54) is 11.8 Å². The Morgan fingerprint density at radius 1 is 1.08 bits per heavy atom. The molecule has 7 nitrogen and oxygen atoms in total. The molecule has 0 saturated carbocycles. The van der Waals surface area contributed by atoms with Crippen LogP contribution in [0.25, 0.3) is 0 Å². The molecule has 0 bridgehead atoms. The lowest BCUT2D eigenvalue weighted by molar-refractivity contribution is -0.120. The standard InChI is InChI=1S/C18H25N3O4/c1-12(22)19-13-7-9-14(10-8-13)20-16(23)15-6-5-11-21(15)17(24)25-18(2,3)4/h7-10,15H,5-6,11H2,1-4H3,(H,19,22)(H,20,23)/t15-/m0/s1. The number of hydrogen-bond acceptors (Lipinski definition) is 4. The van der Waals surface area contributed by atoms with Crippen molar-refractivity contribution in [3.05, 3.63) is 24.3 Å². The highest BCUT2D eigenvalue weighted by atomic mass is 16.6. The van der Waals surface area contributed by atoms with Crippen molar-refractivity contribution in [1.82, 2.24) is 4.90 Å². The van der Waals surface area contributed by atoms with Crippen LogP contribution in [0.1, 0.15) is 40.5 Å². The average molecular weight is 347 g/mol. The van der Waals surface area contributed by atoms with Gasteiger partial charge in [-0.25, -0.2) is 4.79 Å². The Morgan fingerprint density at radius 3 is 2.16 bits per heavy atom. The summed E-state index contributed by atoms with van der Waals surface area (Å²) in [6.07, 6.45) is 0.902. The molecule has 1 aromatic carbocycles. The number of anilines is 2. The summed E-state index contributed by atoms with van der Waals surface area (Å²) in [7, 11) is 0. The van der Waals surface area contributed by atoms with E-state index in [2.05, 4.69) is 10.6 Å². The second-order valence-electron chi connectivity index (χ2n) is 7.08. The maximum absolute atomic E-state index is 12.5. The van der Waals surface area contributed by atoms with Crippen LogP contribution in [0.15, 0.2) is 24.3 Å². The molecule has 0 unspecified atom stereocenters. The van der Waals surface area contributed by atoms with E-state index in [9.17, 15) is 14.4 Å². The highest BCUT2D eigenvalue weighted by Crippen LogP contribution is 2.22. The van der Waals surface area contributed by atoms with Gasteiger partial charge in [-0.2, -0.15) is 0 Å². The third-order valence-corrected chi connectivity index (χ3v) is 3.66. The number of amides is 3. The van der Waals surface area contributed by atoms with Gasteiger partial charge in [0.15, 0.2) is 0 Å². The Hall–Kier alpha value is -2.57. The lowest BCUT2D eigenvalue weighted by atomic mass is 10.2. The molecule has 0 aromatic heterocycles. The van der Waals surface area contributed by atoms with E-state index in [-0.39, 0.29) is 11.8 Å². The van der Waals surface area contributed by atoms with Crippen molar-refractivity contribution in [3.63, 3.8) is 0 Å². The van der Waals surface area contributed by atoms with E-state index in [0.29, 0.717) is 24.3 Å². The van der Waals surface area contributed by atoms with Crippen LogP contribution in [0.4, 0.5) is 16.2 Å². The van der Waals surface area contributed by atoms with Crippen LogP contribution >= 0.6 is 0 Å². The number of hydrogen-bond donors (Lipinski definition) is 2. The summed E-state index contributed by atoms with van der Waals surface area (Å²) in [5.74, 6) is -0.397. The first-order valence-corrected chi connectivity index (χ1v) is 8.34. The van der Waals surface area contributed by atoms with Crippen molar-refractivity contribution in [1.29, 1.82) is 0 Å². The lowest BCUT2D eigenvalue weighted by Gasteiger charge is -2.28. The molecule has 7 heteroatoms. The van der Waals surface area contributed by atoms with Crippen LogP contribution in [0.2, 0.25) is 0 Å². The Morgan fingerprint density at radius 2 is 1.64 bits per heavy atom. The van der Waals surface area contributed by atoms with Crippen LogP contribution in [0, 0.1) is 0 Å². The van der Waals surface area contributed by atoms with Gasteiger partial charge in [0.2, 0.25) is 11.8 Å². The normalized spacial score (nSPS) is 17.1. The van der Waals surface area contributed by atoms with E-state index in [1.807, 2.05) is 0 Å². The second kappa shape index (κ2) is 7.55. The van der Waals surface area contributed by atoms with E-state index >= 15 is 0 Å². The van der Waals surface area contributed by atoms with Crippen molar-refractivity contribution >= 4 is 29.3 Å². The predicted octanol–water partition coefficient (Wildman–Crippen LogP) is 2.98. The topological polar surface area (TPSA) is 87.7 Å². The third-order valence-electron chi connectivity index (χ3n) is 3.66. The van der Waals surface area contributed by atoms with Crippen LogP contribution < -0.4 is 10.6 Å². The van der Waals surface area contributed by atoms with Crippen molar-refractivity contribution < 1.29 is 19.1 Å². The summed E-state index contributed by atoms with van der Waals surface area (Å²) < 4.78 is 5.37. The van der Waals surface area contributed by atoms with Crippen LogP contribution in [0.5, 0.6) is 0 Å². The van der Waals surface area contributed by atoms with Crippen LogP contribution in [-0.4, -0.2) is 41.0 Å². The van der Waals surface area contributed by atoms with Gasteiger partial charge >= 0.3 is 6.09 Å². The molecule has 1 aliphatic heterocycles. The number of carbonyl (C=O) groups is 3. The van der Waals surface area contributed by atoms with Crippen molar-refractivity contribution in [2.24, 2.45) is 0 Å². The number of benzene rings is 1. The molecule has 1 aromatic rings. The molecule has 25 heavy (non-hydrogen) atoms. The van der Waals surface area contributed by atoms with E-state index in [0.717, 1.165) is 6.42 Å². The first kappa shape index (κ1) is 18.8.